The SMILES string of the molecule is O=C(O)[C@@H]1[C@H]2CC[C@@H](C2)[C@H]1C(=O)Nc1ccc2c(c1)OCO2. The van der Waals surface area contributed by atoms with Crippen LogP contribution in [0.5, 0.6) is 11.5 Å². The molecule has 1 aromatic carbocycles. The minimum atomic E-state index is -0.849. The summed E-state index contributed by atoms with van der Waals surface area (Å²) < 4.78 is 10.5. The molecule has 1 heterocycles. The maximum atomic E-state index is 12.6. The molecule has 2 bridgehead atoms. The van der Waals surface area contributed by atoms with Crippen LogP contribution < -0.4 is 14.8 Å². The van der Waals surface area contributed by atoms with Gasteiger partial charge in [0.15, 0.2) is 11.5 Å². The average Bonchev–Trinajstić information content (AvgIpc) is 3.20. The Bertz CT molecular complexity index is 643. The van der Waals surface area contributed by atoms with Gasteiger partial charge in [0, 0.05) is 11.8 Å². The normalized spacial score (nSPS) is 31.3. The van der Waals surface area contributed by atoms with E-state index in [0.717, 1.165) is 19.3 Å². The lowest BCUT2D eigenvalue weighted by Crippen LogP contribution is -2.37. The van der Waals surface area contributed by atoms with Gasteiger partial charge in [-0.15, -0.1) is 0 Å². The van der Waals surface area contributed by atoms with Crippen molar-refractivity contribution in [1.82, 2.24) is 0 Å². The molecule has 2 N–H and O–H groups in total. The first-order valence-electron chi connectivity index (χ1n) is 7.57. The van der Waals surface area contributed by atoms with Crippen molar-refractivity contribution in [2.24, 2.45) is 23.7 Å². The maximum Gasteiger partial charge on any atom is 0.307 e. The lowest BCUT2D eigenvalue weighted by molar-refractivity contribution is -0.148. The van der Waals surface area contributed by atoms with Crippen LogP contribution in [-0.2, 0) is 9.59 Å². The molecule has 2 saturated carbocycles. The Morgan fingerprint density at radius 3 is 2.59 bits per heavy atom. The number of carbonyl (C=O) groups excluding carboxylic acids is 1. The Balaban J connectivity index is 1.53. The predicted octanol–water partition coefficient (Wildman–Crippen LogP) is 2.10. The number of ether oxygens (including phenoxy) is 2. The van der Waals surface area contributed by atoms with Gasteiger partial charge in [-0.2, -0.15) is 0 Å². The van der Waals surface area contributed by atoms with Crippen molar-refractivity contribution in [2.45, 2.75) is 19.3 Å². The molecule has 1 aromatic rings. The highest BCUT2D eigenvalue weighted by Gasteiger charge is 2.53. The molecule has 0 unspecified atom stereocenters. The molecule has 3 aliphatic rings. The van der Waals surface area contributed by atoms with Crippen molar-refractivity contribution < 1.29 is 24.2 Å². The molecule has 0 radical (unpaired) electrons. The monoisotopic (exact) mass is 303 g/mol. The van der Waals surface area contributed by atoms with E-state index in [4.69, 9.17) is 9.47 Å². The summed E-state index contributed by atoms with van der Waals surface area (Å²) in [5.41, 5.74) is 0.612. The topological polar surface area (TPSA) is 84.9 Å². The minimum absolute atomic E-state index is 0.148. The van der Waals surface area contributed by atoms with E-state index in [0.29, 0.717) is 17.2 Å². The summed E-state index contributed by atoms with van der Waals surface area (Å²) in [5, 5.41) is 12.3. The number of rotatable bonds is 3. The van der Waals surface area contributed by atoms with Crippen molar-refractivity contribution >= 4 is 17.6 Å². The number of amides is 1. The number of benzene rings is 1. The lowest BCUT2D eigenvalue weighted by atomic mass is 9.78. The number of nitrogens with one attached hydrogen (secondary N) is 1. The van der Waals surface area contributed by atoms with E-state index in [1.165, 1.54) is 0 Å². The fourth-order valence-corrected chi connectivity index (χ4v) is 4.22. The van der Waals surface area contributed by atoms with Gasteiger partial charge < -0.3 is 19.9 Å². The Hall–Kier alpha value is -2.24. The number of fused-ring (bicyclic) bond motifs is 3. The van der Waals surface area contributed by atoms with Gasteiger partial charge in [0.2, 0.25) is 12.7 Å². The summed E-state index contributed by atoms with van der Waals surface area (Å²) in [6.45, 7) is 0.181. The molecule has 6 heteroatoms. The van der Waals surface area contributed by atoms with E-state index in [-0.39, 0.29) is 24.5 Å². The fourth-order valence-electron chi connectivity index (χ4n) is 4.22. The zero-order valence-electron chi connectivity index (χ0n) is 12.0. The van der Waals surface area contributed by atoms with Gasteiger partial charge in [-0.25, -0.2) is 0 Å². The molecule has 2 fully saturated rings. The van der Waals surface area contributed by atoms with E-state index in [2.05, 4.69) is 5.32 Å². The number of hydrogen-bond acceptors (Lipinski definition) is 4. The van der Waals surface area contributed by atoms with Crippen molar-refractivity contribution in [3.05, 3.63) is 18.2 Å². The molecule has 1 amide bonds. The third-order valence-corrected chi connectivity index (χ3v) is 5.14. The lowest BCUT2D eigenvalue weighted by Gasteiger charge is -2.27. The third kappa shape index (κ3) is 2.01. The number of carbonyl (C=O) groups is 2. The summed E-state index contributed by atoms with van der Waals surface area (Å²) in [7, 11) is 0. The first-order valence-corrected chi connectivity index (χ1v) is 7.57. The minimum Gasteiger partial charge on any atom is -0.481 e. The number of anilines is 1. The van der Waals surface area contributed by atoms with E-state index in [9.17, 15) is 14.7 Å². The highest BCUT2D eigenvalue weighted by Crippen LogP contribution is 2.52. The standard InChI is InChI=1S/C16H17NO5/c18-15(13-8-1-2-9(5-8)14(13)16(19)20)17-10-3-4-11-12(6-10)22-7-21-11/h3-4,6,8-9,13-14H,1-2,5,7H2,(H,17,18)(H,19,20)/t8-,9-,13+,14+/m0/s1. The number of carboxylic acids is 1. The molecule has 4 atom stereocenters. The maximum absolute atomic E-state index is 12.6. The van der Waals surface area contributed by atoms with E-state index in [1.807, 2.05) is 0 Å². The second kappa shape index (κ2) is 4.90. The molecule has 1 aliphatic heterocycles. The van der Waals surface area contributed by atoms with E-state index in [1.54, 1.807) is 18.2 Å². The van der Waals surface area contributed by atoms with Crippen LogP contribution in [0.3, 0.4) is 0 Å². The number of aliphatic carboxylic acids is 1. The molecule has 0 saturated heterocycles. The molecule has 0 spiro atoms. The molecular formula is C16H17NO5. The van der Waals surface area contributed by atoms with Gasteiger partial charge in [0.1, 0.15) is 0 Å². The van der Waals surface area contributed by atoms with Crippen molar-refractivity contribution in [3.8, 4) is 11.5 Å². The van der Waals surface area contributed by atoms with Crippen LogP contribution in [0.4, 0.5) is 5.69 Å². The van der Waals surface area contributed by atoms with Crippen LogP contribution in [0.15, 0.2) is 18.2 Å². The van der Waals surface area contributed by atoms with Crippen LogP contribution in [0, 0.1) is 23.7 Å². The van der Waals surface area contributed by atoms with Gasteiger partial charge in [-0.05, 0) is 43.2 Å². The Morgan fingerprint density at radius 2 is 1.82 bits per heavy atom. The van der Waals surface area contributed by atoms with Crippen LogP contribution in [0.25, 0.3) is 0 Å². The largest absolute Gasteiger partial charge is 0.481 e. The first kappa shape index (κ1) is 13.4. The van der Waals surface area contributed by atoms with E-state index >= 15 is 0 Å². The Kier molecular flexibility index (Phi) is 2.99. The van der Waals surface area contributed by atoms with Gasteiger partial charge in [0.05, 0.1) is 11.8 Å². The van der Waals surface area contributed by atoms with Crippen LogP contribution in [0.2, 0.25) is 0 Å². The Labute approximate surface area is 127 Å². The van der Waals surface area contributed by atoms with Crippen molar-refractivity contribution in [1.29, 1.82) is 0 Å². The molecule has 2 aliphatic carbocycles. The van der Waals surface area contributed by atoms with Crippen molar-refractivity contribution in [3.63, 3.8) is 0 Å². The zero-order chi connectivity index (χ0) is 15.3. The highest BCUT2D eigenvalue weighted by atomic mass is 16.7. The molecule has 22 heavy (non-hydrogen) atoms. The second-order valence-corrected chi connectivity index (χ2v) is 6.28. The fraction of sp³-hybridized carbons (Fsp3) is 0.500. The van der Waals surface area contributed by atoms with Gasteiger partial charge in [-0.3, -0.25) is 9.59 Å². The van der Waals surface area contributed by atoms with Gasteiger partial charge >= 0.3 is 5.97 Å². The summed E-state index contributed by atoms with van der Waals surface area (Å²) in [5.74, 6) is -0.428. The van der Waals surface area contributed by atoms with Gasteiger partial charge in [-0.1, -0.05) is 0 Å². The third-order valence-electron chi connectivity index (χ3n) is 5.14. The summed E-state index contributed by atoms with van der Waals surface area (Å²) >= 11 is 0. The summed E-state index contributed by atoms with van der Waals surface area (Å²) in [6, 6.07) is 5.20. The van der Waals surface area contributed by atoms with Crippen LogP contribution in [-0.4, -0.2) is 23.8 Å². The number of hydrogen-bond donors (Lipinski definition) is 2. The molecule has 4 rings (SSSR count). The second-order valence-electron chi connectivity index (χ2n) is 6.28. The van der Waals surface area contributed by atoms with Gasteiger partial charge in [0.25, 0.3) is 0 Å². The van der Waals surface area contributed by atoms with Crippen LogP contribution >= 0.6 is 0 Å². The summed E-state index contributed by atoms with van der Waals surface area (Å²) in [6.07, 6.45) is 2.74. The molecule has 116 valence electrons. The molecule has 0 aromatic heterocycles. The molecule has 6 nitrogen and oxygen atoms in total. The zero-order valence-corrected chi connectivity index (χ0v) is 12.0. The first-order chi connectivity index (χ1) is 10.6. The van der Waals surface area contributed by atoms with E-state index < -0.39 is 17.8 Å². The molecular weight excluding hydrogens is 286 g/mol. The van der Waals surface area contributed by atoms with Crippen molar-refractivity contribution in [2.75, 3.05) is 12.1 Å². The highest BCUT2D eigenvalue weighted by molar-refractivity contribution is 5.96. The smallest absolute Gasteiger partial charge is 0.307 e. The van der Waals surface area contributed by atoms with Crippen LogP contribution in [0.1, 0.15) is 19.3 Å². The average molecular weight is 303 g/mol. The predicted molar refractivity (Wildman–Crippen MR) is 76.6 cm³/mol. The quantitative estimate of drug-likeness (QED) is 0.893. The Morgan fingerprint density at radius 1 is 1.09 bits per heavy atom. The number of carboxylic acid groups (broad SMARTS) is 1. The summed E-state index contributed by atoms with van der Waals surface area (Å²) in [4.78, 5) is 24.1.